The van der Waals surface area contributed by atoms with Gasteiger partial charge in [0.05, 0.1) is 21.2 Å². The highest BCUT2D eigenvalue weighted by molar-refractivity contribution is 7.90. The Hall–Kier alpha value is -2.43. The van der Waals surface area contributed by atoms with Crippen LogP contribution in [0.5, 0.6) is 0 Å². The number of aryl methyl sites for hydroxylation is 1. The van der Waals surface area contributed by atoms with Gasteiger partial charge in [0.2, 0.25) is 10.0 Å². The summed E-state index contributed by atoms with van der Waals surface area (Å²) in [4.78, 5) is 15.3. The molecule has 0 unspecified atom stereocenters. The molecule has 0 aromatic heterocycles. The van der Waals surface area contributed by atoms with Crippen LogP contribution in [0, 0.1) is 6.92 Å². The third-order valence-corrected chi connectivity index (χ3v) is 8.70. The van der Waals surface area contributed by atoms with Gasteiger partial charge in [0.15, 0.2) is 9.84 Å². The molecule has 8 nitrogen and oxygen atoms in total. The van der Waals surface area contributed by atoms with E-state index in [1.54, 1.807) is 39.0 Å². The second-order valence-electron chi connectivity index (χ2n) is 7.64. The zero-order valence-corrected chi connectivity index (χ0v) is 21.7. The van der Waals surface area contributed by atoms with Crippen LogP contribution in [0.1, 0.15) is 43.6 Å². The van der Waals surface area contributed by atoms with E-state index in [9.17, 15) is 21.6 Å². The van der Waals surface area contributed by atoms with E-state index in [2.05, 4.69) is 5.32 Å². The van der Waals surface area contributed by atoms with E-state index in [4.69, 9.17) is 0 Å². The summed E-state index contributed by atoms with van der Waals surface area (Å²) in [6.45, 7) is 11.2. The van der Waals surface area contributed by atoms with Crippen LogP contribution in [-0.2, 0) is 19.9 Å². The molecule has 182 valence electrons. The third kappa shape index (κ3) is 5.93. The number of rotatable bonds is 10. The lowest BCUT2D eigenvalue weighted by atomic mass is 10.1. The Morgan fingerprint density at radius 3 is 1.94 bits per heavy atom. The van der Waals surface area contributed by atoms with Gasteiger partial charge in [-0.15, -0.1) is 0 Å². The van der Waals surface area contributed by atoms with Crippen LogP contribution in [0.15, 0.2) is 46.2 Å². The van der Waals surface area contributed by atoms with E-state index < -0.39 is 25.8 Å². The molecule has 0 saturated carbocycles. The molecule has 0 bridgehead atoms. The molecule has 0 radical (unpaired) electrons. The molecule has 1 amide bonds. The Kier molecular flexibility index (Phi) is 8.67. The number of anilines is 2. The fraction of sp³-hybridized carbons (Fsp3) is 0.435. The molecule has 2 rings (SSSR count). The highest BCUT2D eigenvalue weighted by Gasteiger charge is 2.24. The van der Waals surface area contributed by atoms with Gasteiger partial charge in [-0.3, -0.25) is 4.79 Å². The molecule has 0 saturated heterocycles. The summed E-state index contributed by atoms with van der Waals surface area (Å²) in [6.07, 6.45) is 1.08. The smallest absolute Gasteiger partial charge is 0.256 e. The number of amides is 1. The minimum absolute atomic E-state index is 0.0417. The topological polar surface area (TPSA) is 104 Å². The van der Waals surface area contributed by atoms with Crippen LogP contribution in [0.3, 0.4) is 0 Å². The number of nitrogens with zero attached hydrogens (tertiary/aromatic N) is 2. The van der Waals surface area contributed by atoms with Gasteiger partial charge in [0, 0.05) is 38.0 Å². The van der Waals surface area contributed by atoms with Gasteiger partial charge in [-0.05, 0) is 56.7 Å². The zero-order chi connectivity index (χ0) is 25.0. The van der Waals surface area contributed by atoms with Crippen molar-refractivity contribution in [1.29, 1.82) is 0 Å². The van der Waals surface area contributed by atoms with Crippen molar-refractivity contribution < 1.29 is 21.6 Å². The first-order valence-electron chi connectivity index (χ1n) is 10.9. The van der Waals surface area contributed by atoms with Crippen LogP contribution < -0.4 is 10.2 Å². The van der Waals surface area contributed by atoms with Crippen LogP contribution in [0.4, 0.5) is 11.4 Å². The van der Waals surface area contributed by atoms with E-state index in [1.165, 1.54) is 22.5 Å². The van der Waals surface area contributed by atoms with E-state index in [1.807, 2.05) is 18.7 Å². The molecule has 33 heavy (non-hydrogen) atoms. The van der Waals surface area contributed by atoms with Crippen molar-refractivity contribution in [2.24, 2.45) is 0 Å². The molecule has 2 aromatic rings. The van der Waals surface area contributed by atoms with Crippen molar-refractivity contribution >= 4 is 37.1 Å². The maximum atomic E-state index is 13.2. The van der Waals surface area contributed by atoms with Crippen molar-refractivity contribution in [3.63, 3.8) is 0 Å². The Balaban J connectivity index is 2.61. The van der Waals surface area contributed by atoms with Crippen molar-refractivity contribution in [3.05, 3.63) is 47.5 Å². The summed E-state index contributed by atoms with van der Waals surface area (Å²) < 4.78 is 51.4. The SMILES string of the molecule is CCN(CC)c1ccc(S(=O)(=O)N(CC)CC)cc1NC(=O)c1cc(S(C)(=O)=O)ccc1C. The van der Waals surface area contributed by atoms with Gasteiger partial charge in [-0.25, -0.2) is 16.8 Å². The molecule has 0 atom stereocenters. The first kappa shape index (κ1) is 26.8. The monoisotopic (exact) mass is 495 g/mol. The first-order valence-corrected chi connectivity index (χ1v) is 14.2. The number of nitrogens with one attached hydrogen (secondary N) is 1. The molecule has 10 heteroatoms. The van der Waals surface area contributed by atoms with Crippen molar-refractivity contribution in [3.8, 4) is 0 Å². The van der Waals surface area contributed by atoms with Crippen molar-refractivity contribution in [2.45, 2.75) is 44.4 Å². The fourth-order valence-corrected chi connectivity index (χ4v) is 5.73. The van der Waals surface area contributed by atoms with Gasteiger partial charge in [0.25, 0.3) is 5.91 Å². The standard InChI is InChI=1S/C23H33N3O5S2/c1-7-25(8-2)22-14-13-19(33(30,31)26(9-3)10-4)16-21(22)24-23(27)20-15-18(32(6,28)29)12-11-17(20)5/h11-16H,7-10H2,1-6H3,(H,24,27). The third-order valence-electron chi connectivity index (χ3n) is 5.55. The molecule has 1 N–H and O–H groups in total. The van der Waals surface area contributed by atoms with Gasteiger partial charge in [0.1, 0.15) is 0 Å². The number of hydrogen-bond acceptors (Lipinski definition) is 6. The number of hydrogen-bond donors (Lipinski definition) is 1. The van der Waals surface area contributed by atoms with Crippen LogP contribution in [-0.4, -0.2) is 59.5 Å². The quantitative estimate of drug-likeness (QED) is 0.541. The van der Waals surface area contributed by atoms with E-state index >= 15 is 0 Å². The van der Waals surface area contributed by atoms with Crippen molar-refractivity contribution in [1.82, 2.24) is 4.31 Å². The molecule has 0 aliphatic heterocycles. The Labute approximate surface area is 197 Å². The van der Waals surface area contributed by atoms with Crippen LogP contribution in [0.2, 0.25) is 0 Å². The average Bonchev–Trinajstić information content (AvgIpc) is 2.75. The minimum Gasteiger partial charge on any atom is -0.370 e. The lowest BCUT2D eigenvalue weighted by molar-refractivity contribution is 0.102. The lowest BCUT2D eigenvalue weighted by Gasteiger charge is -2.26. The summed E-state index contributed by atoms with van der Waals surface area (Å²) in [7, 11) is -7.22. The number of sulfonamides is 1. The number of sulfone groups is 1. The fourth-order valence-electron chi connectivity index (χ4n) is 3.59. The molecule has 0 aliphatic rings. The summed E-state index contributed by atoms with van der Waals surface area (Å²) >= 11 is 0. The van der Waals surface area contributed by atoms with Crippen LogP contribution >= 0.6 is 0 Å². The summed E-state index contributed by atoms with van der Waals surface area (Å²) in [5, 5.41) is 2.82. The van der Waals surface area contributed by atoms with E-state index in [0.717, 1.165) is 6.26 Å². The van der Waals surface area contributed by atoms with Gasteiger partial charge >= 0.3 is 0 Å². The molecular weight excluding hydrogens is 462 g/mol. The van der Waals surface area contributed by atoms with E-state index in [0.29, 0.717) is 43.1 Å². The van der Waals surface area contributed by atoms with Gasteiger partial charge in [-0.1, -0.05) is 19.9 Å². The molecule has 0 fully saturated rings. The second kappa shape index (κ2) is 10.7. The van der Waals surface area contributed by atoms with Gasteiger partial charge in [-0.2, -0.15) is 4.31 Å². The normalized spacial score (nSPS) is 12.1. The predicted octanol–water partition coefficient (Wildman–Crippen LogP) is 3.53. The molecular formula is C23H33N3O5S2. The van der Waals surface area contributed by atoms with Gasteiger partial charge < -0.3 is 10.2 Å². The largest absolute Gasteiger partial charge is 0.370 e. The summed E-state index contributed by atoms with van der Waals surface area (Å²) in [5.74, 6) is -0.510. The maximum Gasteiger partial charge on any atom is 0.256 e. The predicted molar refractivity (Wildman–Crippen MR) is 132 cm³/mol. The van der Waals surface area contributed by atoms with Crippen molar-refractivity contribution in [2.75, 3.05) is 42.7 Å². The van der Waals surface area contributed by atoms with Crippen LogP contribution in [0.25, 0.3) is 0 Å². The number of benzene rings is 2. The lowest BCUT2D eigenvalue weighted by Crippen LogP contribution is -2.31. The molecule has 2 aromatic carbocycles. The van der Waals surface area contributed by atoms with E-state index in [-0.39, 0.29) is 15.4 Å². The molecule has 0 heterocycles. The second-order valence-corrected chi connectivity index (χ2v) is 11.6. The minimum atomic E-state index is -3.73. The number of carbonyl (C=O) groups is 1. The summed E-state index contributed by atoms with van der Waals surface area (Å²) in [6, 6.07) is 9.09. The molecule has 0 spiro atoms. The first-order chi connectivity index (χ1) is 15.4. The number of carbonyl (C=O) groups excluding carboxylic acids is 1. The average molecular weight is 496 g/mol. The summed E-state index contributed by atoms with van der Waals surface area (Å²) in [5.41, 5.74) is 1.85. The Morgan fingerprint density at radius 1 is 0.848 bits per heavy atom. The highest BCUT2D eigenvalue weighted by Crippen LogP contribution is 2.31. The zero-order valence-electron chi connectivity index (χ0n) is 20.0. The Bertz CT molecular complexity index is 1220. The Morgan fingerprint density at radius 2 is 1.42 bits per heavy atom. The highest BCUT2D eigenvalue weighted by atomic mass is 32.2. The maximum absolute atomic E-state index is 13.2. The molecule has 0 aliphatic carbocycles.